The highest BCUT2D eigenvalue weighted by atomic mass is 79.9. The van der Waals surface area contributed by atoms with Crippen molar-refractivity contribution in [1.29, 1.82) is 0 Å². The zero-order valence-electron chi connectivity index (χ0n) is 9.81. The number of hydrazone groups is 1. The fourth-order valence-electron chi connectivity index (χ4n) is 1.42. The van der Waals surface area contributed by atoms with Crippen LogP contribution in [0.1, 0.15) is 15.9 Å². The molecule has 5 heteroatoms. The molecule has 0 aliphatic carbocycles. The summed E-state index contributed by atoms with van der Waals surface area (Å²) in [5.41, 5.74) is 3.86. The van der Waals surface area contributed by atoms with Crippen molar-refractivity contribution in [3.05, 3.63) is 69.2 Å². The van der Waals surface area contributed by atoms with Crippen LogP contribution in [0.5, 0.6) is 0 Å². The molecule has 0 atom stereocenters. The summed E-state index contributed by atoms with van der Waals surface area (Å²) in [4.78, 5) is 11.7. The Bertz CT molecular complexity index is 611. The molecule has 2 aromatic rings. The van der Waals surface area contributed by atoms with Gasteiger partial charge in [-0.1, -0.05) is 39.7 Å². The van der Waals surface area contributed by atoms with Crippen LogP contribution < -0.4 is 5.43 Å². The summed E-state index contributed by atoms with van der Waals surface area (Å²) in [6.45, 7) is 0. The molecule has 0 spiro atoms. The Morgan fingerprint density at radius 2 is 1.95 bits per heavy atom. The van der Waals surface area contributed by atoms with Crippen molar-refractivity contribution in [2.45, 2.75) is 0 Å². The normalized spacial score (nSPS) is 10.6. The minimum atomic E-state index is -0.275. The van der Waals surface area contributed by atoms with Gasteiger partial charge in [0, 0.05) is 15.1 Å². The van der Waals surface area contributed by atoms with Gasteiger partial charge in [-0.05, 0) is 42.0 Å². The van der Waals surface area contributed by atoms with E-state index in [0.717, 1.165) is 10.0 Å². The van der Waals surface area contributed by atoms with Crippen LogP contribution in [0.25, 0.3) is 0 Å². The summed E-state index contributed by atoms with van der Waals surface area (Å²) in [6, 6.07) is 14.2. The quantitative estimate of drug-likeness (QED) is 0.670. The van der Waals surface area contributed by atoms with E-state index >= 15 is 0 Å². The fourth-order valence-corrected chi connectivity index (χ4v) is 1.96. The predicted octanol–water partition coefficient (Wildman–Crippen LogP) is 3.87. The highest BCUT2D eigenvalue weighted by Gasteiger charge is 2.02. The van der Waals surface area contributed by atoms with Gasteiger partial charge in [0.05, 0.1) is 6.21 Å². The molecule has 1 amide bonds. The summed E-state index contributed by atoms with van der Waals surface area (Å²) in [5.74, 6) is -0.275. The third-order valence-electron chi connectivity index (χ3n) is 2.33. The molecular weight excluding hydrogens is 328 g/mol. The molecule has 3 nitrogen and oxygen atoms in total. The monoisotopic (exact) mass is 336 g/mol. The topological polar surface area (TPSA) is 41.5 Å². The van der Waals surface area contributed by atoms with E-state index < -0.39 is 0 Å². The van der Waals surface area contributed by atoms with E-state index in [9.17, 15) is 4.79 Å². The second kappa shape index (κ2) is 6.50. The summed E-state index contributed by atoms with van der Waals surface area (Å²) in [7, 11) is 0. The first-order valence-corrected chi connectivity index (χ1v) is 6.67. The highest BCUT2D eigenvalue weighted by molar-refractivity contribution is 9.10. The van der Waals surface area contributed by atoms with Gasteiger partial charge in [-0.15, -0.1) is 0 Å². The van der Waals surface area contributed by atoms with Crippen LogP contribution >= 0.6 is 27.5 Å². The minimum Gasteiger partial charge on any atom is -0.267 e. The van der Waals surface area contributed by atoms with Gasteiger partial charge in [-0.25, -0.2) is 5.43 Å². The van der Waals surface area contributed by atoms with Gasteiger partial charge < -0.3 is 0 Å². The maximum absolute atomic E-state index is 11.7. The van der Waals surface area contributed by atoms with Gasteiger partial charge >= 0.3 is 0 Å². The van der Waals surface area contributed by atoms with Gasteiger partial charge in [0.25, 0.3) is 5.91 Å². The van der Waals surface area contributed by atoms with Gasteiger partial charge in [0.1, 0.15) is 0 Å². The zero-order chi connectivity index (χ0) is 13.7. The molecule has 1 N–H and O–H groups in total. The molecule has 0 saturated heterocycles. The van der Waals surface area contributed by atoms with E-state index in [1.807, 2.05) is 24.3 Å². The van der Waals surface area contributed by atoms with E-state index in [1.54, 1.807) is 30.5 Å². The summed E-state index contributed by atoms with van der Waals surface area (Å²) < 4.78 is 0.959. The molecule has 0 aromatic heterocycles. The number of carbonyl (C=O) groups is 1. The predicted molar refractivity (Wildman–Crippen MR) is 80.7 cm³/mol. The Morgan fingerprint density at radius 1 is 1.21 bits per heavy atom. The van der Waals surface area contributed by atoms with Gasteiger partial charge in [0.2, 0.25) is 0 Å². The molecule has 0 unspecified atom stereocenters. The molecule has 0 saturated carbocycles. The van der Waals surface area contributed by atoms with E-state index in [1.165, 1.54) is 0 Å². The number of nitrogens with zero attached hydrogens (tertiary/aromatic N) is 1. The number of amides is 1. The van der Waals surface area contributed by atoms with Crippen LogP contribution in [0, 0.1) is 0 Å². The molecule has 19 heavy (non-hydrogen) atoms. The first-order valence-electron chi connectivity index (χ1n) is 5.50. The van der Waals surface area contributed by atoms with Crippen molar-refractivity contribution in [2.75, 3.05) is 0 Å². The lowest BCUT2D eigenvalue weighted by molar-refractivity contribution is 0.0955. The third kappa shape index (κ3) is 4.19. The zero-order valence-corrected chi connectivity index (χ0v) is 12.1. The molecule has 0 heterocycles. The number of hydrogen-bond donors (Lipinski definition) is 1. The lowest BCUT2D eigenvalue weighted by atomic mass is 10.2. The van der Waals surface area contributed by atoms with Crippen molar-refractivity contribution < 1.29 is 4.79 Å². The van der Waals surface area contributed by atoms with E-state index in [0.29, 0.717) is 10.6 Å². The Labute approximate surface area is 124 Å². The maximum Gasteiger partial charge on any atom is 0.271 e. The molecule has 0 fully saturated rings. The lowest BCUT2D eigenvalue weighted by Crippen LogP contribution is -2.17. The molecule has 0 aliphatic heterocycles. The Balaban J connectivity index is 1.98. The van der Waals surface area contributed by atoms with Crippen molar-refractivity contribution >= 4 is 39.7 Å². The fraction of sp³-hybridized carbons (Fsp3) is 0. The average molecular weight is 338 g/mol. The molecule has 2 rings (SSSR count). The lowest BCUT2D eigenvalue weighted by Gasteiger charge is -1.99. The number of carbonyl (C=O) groups excluding carboxylic acids is 1. The van der Waals surface area contributed by atoms with Crippen LogP contribution in [0.3, 0.4) is 0 Å². The molecule has 0 radical (unpaired) electrons. The Hall–Kier alpha value is -1.65. The Morgan fingerprint density at radius 3 is 2.63 bits per heavy atom. The van der Waals surface area contributed by atoms with E-state index in [-0.39, 0.29) is 5.91 Å². The molecule has 2 aromatic carbocycles. The second-order valence-corrected chi connectivity index (χ2v) is 5.11. The maximum atomic E-state index is 11.7. The summed E-state index contributed by atoms with van der Waals surface area (Å²) >= 11 is 9.11. The van der Waals surface area contributed by atoms with Gasteiger partial charge in [0.15, 0.2) is 0 Å². The molecule has 96 valence electrons. The van der Waals surface area contributed by atoms with Crippen LogP contribution in [0.15, 0.2) is 58.1 Å². The number of halogens is 2. The smallest absolute Gasteiger partial charge is 0.267 e. The van der Waals surface area contributed by atoms with E-state index in [2.05, 4.69) is 26.5 Å². The summed E-state index contributed by atoms with van der Waals surface area (Å²) in [6.07, 6.45) is 1.58. The first kappa shape index (κ1) is 13.8. The molecular formula is C14H10BrClN2O. The van der Waals surface area contributed by atoms with Crippen molar-refractivity contribution in [3.63, 3.8) is 0 Å². The Kier molecular flexibility index (Phi) is 4.71. The third-order valence-corrected chi connectivity index (χ3v) is 3.08. The number of nitrogens with one attached hydrogen (secondary N) is 1. The SMILES string of the molecule is O=C(N/N=C/c1cccc(Br)c1)c1ccc(Cl)cc1. The average Bonchev–Trinajstić information content (AvgIpc) is 2.39. The largest absolute Gasteiger partial charge is 0.271 e. The van der Waals surface area contributed by atoms with Crippen molar-refractivity contribution in [2.24, 2.45) is 5.10 Å². The van der Waals surface area contributed by atoms with Crippen LogP contribution in [0.4, 0.5) is 0 Å². The highest BCUT2D eigenvalue weighted by Crippen LogP contribution is 2.10. The number of benzene rings is 2. The van der Waals surface area contributed by atoms with Crippen LogP contribution in [-0.2, 0) is 0 Å². The molecule has 0 bridgehead atoms. The van der Waals surface area contributed by atoms with E-state index in [4.69, 9.17) is 11.6 Å². The first-order chi connectivity index (χ1) is 9.15. The van der Waals surface area contributed by atoms with Crippen molar-refractivity contribution in [3.8, 4) is 0 Å². The standard InChI is InChI=1S/C14H10BrClN2O/c15-12-3-1-2-10(8-12)9-17-18-14(19)11-4-6-13(16)7-5-11/h1-9H,(H,18,19)/b17-9+. The van der Waals surface area contributed by atoms with Crippen molar-refractivity contribution in [1.82, 2.24) is 5.43 Å². The number of hydrogen-bond acceptors (Lipinski definition) is 2. The number of rotatable bonds is 3. The molecule has 0 aliphatic rings. The minimum absolute atomic E-state index is 0.275. The van der Waals surface area contributed by atoms with Crippen LogP contribution in [0.2, 0.25) is 5.02 Å². The van der Waals surface area contributed by atoms with Gasteiger partial charge in [-0.2, -0.15) is 5.10 Å². The van der Waals surface area contributed by atoms with Gasteiger partial charge in [-0.3, -0.25) is 4.79 Å². The second-order valence-electron chi connectivity index (χ2n) is 3.76. The van der Waals surface area contributed by atoms with Crippen LogP contribution in [-0.4, -0.2) is 12.1 Å². The summed E-state index contributed by atoms with van der Waals surface area (Å²) in [5, 5.41) is 4.49.